The Balaban J connectivity index is 1.90. The van der Waals surface area contributed by atoms with Gasteiger partial charge in [-0.3, -0.25) is 9.78 Å². The van der Waals surface area contributed by atoms with Crippen molar-refractivity contribution < 1.29 is 4.79 Å². The van der Waals surface area contributed by atoms with Crippen LogP contribution in [0.15, 0.2) is 42.6 Å². The third-order valence-corrected chi connectivity index (χ3v) is 3.55. The molecule has 2 heterocycles. The van der Waals surface area contributed by atoms with Crippen LogP contribution in [0.1, 0.15) is 21.9 Å². The normalized spacial score (nSPS) is 11.0. The van der Waals surface area contributed by atoms with Gasteiger partial charge in [0, 0.05) is 25.4 Å². The van der Waals surface area contributed by atoms with Gasteiger partial charge in [0.05, 0.1) is 23.1 Å². The van der Waals surface area contributed by atoms with Crippen LogP contribution in [0.3, 0.4) is 0 Å². The van der Waals surface area contributed by atoms with E-state index in [9.17, 15) is 4.79 Å². The fourth-order valence-corrected chi connectivity index (χ4v) is 2.36. The summed E-state index contributed by atoms with van der Waals surface area (Å²) in [6.07, 6.45) is 1.88. The van der Waals surface area contributed by atoms with E-state index in [1.165, 1.54) is 0 Å². The number of ketones is 1. The number of aromatic nitrogens is 3. The SMILES string of the molecule is Cn1c(CC(=O)c2ccnc(CN)c2)nc2ccccc21. The number of hydrogen-bond donors (Lipinski definition) is 1. The lowest BCUT2D eigenvalue weighted by Crippen LogP contribution is -2.10. The molecule has 0 aliphatic heterocycles. The minimum absolute atomic E-state index is 0.0190. The maximum atomic E-state index is 12.4. The summed E-state index contributed by atoms with van der Waals surface area (Å²) in [4.78, 5) is 21.0. The van der Waals surface area contributed by atoms with Crippen molar-refractivity contribution in [1.82, 2.24) is 14.5 Å². The van der Waals surface area contributed by atoms with Crippen molar-refractivity contribution in [3.8, 4) is 0 Å². The molecule has 0 bridgehead atoms. The van der Waals surface area contributed by atoms with Gasteiger partial charge in [0.2, 0.25) is 0 Å². The van der Waals surface area contributed by atoms with Crippen LogP contribution in [0.4, 0.5) is 0 Å². The number of pyridine rings is 1. The highest BCUT2D eigenvalue weighted by Gasteiger charge is 2.13. The minimum atomic E-state index is 0.0190. The number of aryl methyl sites for hydroxylation is 1. The zero-order valence-electron chi connectivity index (χ0n) is 11.8. The predicted octanol–water partition coefficient (Wildman–Crippen LogP) is 1.85. The molecule has 0 saturated carbocycles. The molecule has 3 aromatic rings. The van der Waals surface area contributed by atoms with Gasteiger partial charge in [-0.25, -0.2) is 4.98 Å². The van der Waals surface area contributed by atoms with Crippen LogP contribution in [0.25, 0.3) is 11.0 Å². The molecule has 0 aliphatic rings. The van der Waals surface area contributed by atoms with E-state index in [4.69, 9.17) is 5.73 Å². The first-order valence-electron chi connectivity index (χ1n) is 6.77. The second kappa shape index (κ2) is 5.46. The Morgan fingerprint density at radius 1 is 1.29 bits per heavy atom. The van der Waals surface area contributed by atoms with Gasteiger partial charge in [-0.15, -0.1) is 0 Å². The van der Waals surface area contributed by atoms with Crippen LogP contribution in [0, 0.1) is 0 Å². The molecule has 0 fully saturated rings. The van der Waals surface area contributed by atoms with Crippen molar-refractivity contribution in [2.45, 2.75) is 13.0 Å². The van der Waals surface area contributed by atoms with E-state index in [1.54, 1.807) is 18.3 Å². The topological polar surface area (TPSA) is 73.8 Å². The summed E-state index contributed by atoms with van der Waals surface area (Å²) in [5.74, 6) is 0.776. The Bertz CT molecular complexity index is 807. The van der Waals surface area contributed by atoms with Crippen molar-refractivity contribution >= 4 is 16.8 Å². The lowest BCUT2D eigenvalue weighted by molar-refractivity contribution is 0.0990. The summed E-state index contributed by atoms with van der Waals surface area (Å²) in [7, 11) is 1.93. The van der Waals surface area contributed by atoms with Gasteiger partial charge in [0.1, 0.15) is 5.82 Å². The Morgan fingerprint density at radius 2 is 2.10 bits per heavy atom. The maximum Gasteiger partial charge on any atom is 0.170 e. The van der Waals surface area contributed by atoms with E-state index in [-0.39, 0.29) is 12.2 Å². The number of nitrogens with zero attached hydrogens (tertiary/aromatic N) is 3. The molecular weight excluding hydrogens is 264 g/mol. The van der Waals surface area contributed by atoms with E-state index >= 15 is 0 Å². The number of carbonyl (C=O) groups is 1. The van der Waals surface area contributed by atoms with Crippen LogP contribution in [-0.4, -0.2) is 20.3 Å². The minimum Gasteiger partial charge on any atom is -0.331 e. The summed E-state index contributed by atoms with van der Waals surface area (Å²) in [6, 6.07) is 11.3. The second-order valence-electron chi connectivity index (χ2n) is 4.92. The van der Waals surface area contributed by atoms with Gasteiger partial charge < -0.3 is 10.3 Å². The number of para-hydroxylation sites is 2. The largest absolute Gasteiger partial charge is 0.331 e. The number of fused-ring (bicyclic) bond motifs is 1. The Hall–Kier alpha value is -2.53. The molecule has 0 saturated heterocycles. The van der Waals surface area contributed by atoms with Gasteiger partial charge in [-0.2, -0.15) is 0 Å². The van der Waals surface area contributed by atoms with Gasteiger partial charge in [-0.1, -0.05) is 12.1 Å². The van der Waals surface area contributed by atoms with E-state index < -0.39 is 0 Å². The number of hydrogen-bond acceptors (Lipinski definition) is 4. The zero-order chi connectivity index (χ0) is 14.8. The molecule has 0 spiro atoms. The van der Waals surface area contributed by atoms with Crippen LogP contribution in [0.2, 0.25) is 0 Å². The summed E-state index contributed by atoms with van der Waals surface area (Å²) in [5.41, 5.74) is 8.82. The predicted molar refractivity (Wildman–Crippen MR) is 80.9 cm³/mol. The Morgan fingerprint density at radius 3 is 2.86 bits per heavy atom. The average molecular weight is 280 g/mol. The molecular formula is C16H16N4O. The molecule has 2 N–H and O–H groups in total. The molecule has 0 unspecified atom stereocenters. The van der Waals surface area contributed by atoms with Crippen molar-refractivity contribution in [1.29, 1.82) is 0 Å². The lowest BCUT2D eigenvalue weighted by atomic mass is 10.1. The average Bonchev–Trinajstić information content (AvgIpc) is 2.84. The van der Waals surface area contributed by atoms with Gasteiger partial charge in [0.25, 0.3) is 0 Å². The Kier molecular flexibility index (Phi) is 3.50. The molecule has 5 nitrogen and oxygen atoms in total. The molecule has 1 aromatic carbocycles. The van der Waals surface area contributed by atoms with Crippen molar-refractivity contribution in [3.63, 3.8) is 0 Å². The first-order valence-corrected chi connectivity index (χ1v) is 6.77. The number of nitrogens with two attached hydrogens (primary N) is 1. The van der Waals surface area contributed by atoms with Crippen LogP contribution in [-0.2, 0) is 20.0 Å². The second-order valence-corrected chi connectivity index (χ2v) is 4.92. The highest BCUT2D eigenvalue weighted by molar-refractivity contribution is 5.97. The van der Waals surface area contributed by atoms with Crippen LogP contribution in [0.5, 0.6) is 0 Å². The van der Waals surface area contributed by atoms with E-state index in [2.05, 4.69) is 9.97 Å². The van der Waals surface area contributed by atoms with E-state index in [1.807, 2.05) is 35.9 Å². The molecule has 0 aliphatic carbocycles. The molecule has 21 heavy (non-hydrogen) atoms. The summed E-state index contributed by atoms with van der Waals surface area (Å²) in [5, 5.41) is 0. The fraction of sp³-hybridized carbons (Fsp3) is 0.188. The van der Waals surface area contributed by atoms with Crippen molar-refractivity contribution in [3.05, 3.63) is 59.7 Å². The third-order valence-electron chi connectivity index (χ3n) is 3.55. The standard InChI is InChI=1S/C16H16N4O/c1-20-14-5-3-2-4-13(14)19-16(20)9-15(21)11-6-7-18-12(8-11)10-17/h2-8H,9-10,17H2,1H3. The number of Topliss-reactive ketones (excluding diaryl/α,β-unsaturated/α-hetero) is 1. The first-order chi connectivity index (χ1) is 10.2. The van der Waals surface area contributed by atoms with E-state index in [0.29, 0.717) is 17.8 Å². The van der Waals surface area contributed by atoms with Gasteiger partial charge in [-0.05, 0) is 24.3 Å². The number of benzene rings is 1. The number of imidazole rings is 1. The Labute approximate surface area is 122 Å². The summed E-state index contributed by atoms with van der Waals surface area (Å²) < 4.78 is 1.96. The smallest absolute Gasteiger partial charge is 0.170 e. The van der Waals surface area contributed by atoms with E-state index in [0.717, 1.165) is 16.9 Å². The number of carbonyl (C=O) groups excluding carboxylic acids is 1. The molecule has 2 aromatic heterocycles. The van der Waals surface area contributed by atoms with Gasteiger partial charge in [0.15, 0.2) is 5.78 Å². The van der Waals surface area contributed by atoms with Crippen LogP contribution < -0.4 is 5.73 Å². The summed E-state index contributed by atoms with van der Waals surface area (Å²) >= 11 is 0. The van der Waals surface area contributed by atoms with Crippen molar-refractivity contribution in [2.75, 3.05) is 0 Å². The summed E-state index contributed by atoms with van der Waals surface area (Å²) in [6.45, 7) is 0.327. The molecule has 0 amide bonds. The molecule has 0 atom stereocenters. The highest BCUT2D eigenvalue weighted by Crippen LogP contribution is 2.16. The molecule has 0 radical (unpaired) electrons. The lowest BCUT2D eigenvalue weighted by Gasteiger charge is -2.03. The third kappa shape index (κ3) is 2.55. The van der Waals surface area contributed by atoms with Crippen LogP contribution >= 0.6 is 0 Å². The van der Waals surface area contributed by atoms with Crippen molar-refractivity contribution in [2.24, 2.45) is 12.8 Å². The quantitative estimate of drug-likeness (QED) is 0.740. The first kappa shape index (κ1) is 13.5. The molecule has 5 heteroatoms. The monoisotopic (exact) mass is 280 g/mol. The van der Waals surface area contributed by atoms with Gasteiger partial charge >= 0.3 is 0 Å². The maximum absolute atomic E-state index is 12.4. The number of rotatable bonds is 4. The fourth-order valence-electron chi connectivity index (χ4n) is 2.36. The highest BCUT2D eigenvalue weighted by atomic mass is 16.1. The zero-order valence-corrected chi connectivity index (χ0v) is 11.8. The molecule has 106 valence electrons. The molecule has 3 rings (SSSR count).